The molecule has 0 aromatic carbocycles. The van der Waals surface area contributed by atoms with E-state index in [0.717, 1.165) is 32.2 Å². The molecule has 1 fully saturated rings. The predicted octanol–water partition coefficient (Wildman–Crippen LogP) is 2.44. The van der Waals surface area contributed by atoms with Gasteiger partial charge in [0.15, 0.2) is 0 Å². The van der Waals surface area contributed by atoms with Crippen LogP contribution in [0.5, 0.6) is 0 Å². The third kappa shape index (κ3) is 5.61. The Kier molecular flexibility index (Phi) is 4.90. The Balaban J connectivity index is 1.99. The van der Waals surface area contributed by atoms with Crippen molar-refractivity contribution in [2.24, 2.45) is 11.3 Å². The molecule has 0 radical (unpaired) electrons. The molecule has 0 amide bonds. The van der Waals surface area contributed by atoms with Crippen molar-refractivity contribution < 1.29 is 4.74 Å². The van der Waals surface area contributed by atoms with Crippen LogP contribution in [-0.4, -0.2) is 26.3 Å². The number of hydrogen-bond donors (Lipinski definition) is 1. The summed E-state index contributed by atoms with van der Waals surface area (Å²) in [7, 11) is 0. The lowest BCUT2D eigenvalue weighted by Crippen LogP contribution is -2.33. The Morgan fingerprint density at radius 2 is 2.07 bits per heavy atom. The van der Waals surface area contributed by atoms with Gasteiger partial charge in [-0.15, -0.1) is 0 Å². The van der Waals surface area contributed by atoms with Crippen molar-refractivity contribution in [2.75, 3.05) is 26.3 Å². The molecule has 0 atom stereocenters. The van der Waals surface area contributed by atoms with Gasteiger partial charge >= 0.3 is 0 Å². The van der Waals surface area contributed by atoms with Crippen LogP contribution in [0.15, 0.2) is 0 Å². The molecule has 2 heteroatoms. The minimum Gasteiger partial charge on any atom is -0.381 e. The van der Waals surface area contributed by atoms with Crippen LogP contribution in [0.4, 0.5) is 0 Å². The Hall–Kier alpha value is -0.0800. The van der Waals surface area contributed by atoms with E-state index in [1.807, 2.05) is 0 Å². The van der Waals surface area contributed by atoms with E-state index in [-0.39, 0.29) is 5.41 Å². The van der Waals surface area contributed by atoms with E-state index in [1.165, 1.54) is 19.3 Å². The maximum Gasteiger partial charge on any atom is 0.0529 e. The first-order chi connectivity index (χ1) is 6.64. The van der Waals surface area contributed by atoms with Crippen molar-refractivity contribution >= 4 is 0 Å². The van der Waals surface area contributed by atoms with Gasteiger partial charge in [-0.25, -0.2) is 0 Å². The van der Waals surface area contributed by atoms with Gasteiger partial charge in [0.1, 0.15) is 0 Å². The van der Waals surface area contributed by atoms with Gasteiger partial charge in [0.25, 0.3) is 0 Å². The fourth-order valence-electron chi connectivity index (χ4n) is 1.44. The smallest absolute Gasteiger partial charge is 0.0529 e. The van der Waals surface area contributed by atoms with E-state index in [9.17, 15) is 0 Å². The zero-order valence-electron chi connectivity index (χ0n) is 9.94. The average molecular weight is 199 g/mol. The molecule has 0 saturated heterocycles. The zero-order chi connectivity index (χ0) is 10.4. The summed E-state index contributed by atoms with van der Waals surface area (Å²) < 4.78 is 5.71. The van der Waals surface area contributed by atoms with E-state index < -0.39 is 0 Å². The van der Waals surface area contributed by atoms with Crippen LogP contribution in [-0.2, 0) is 4.74 Å². The predicted molar refractivity (Wildman–Crippen MR) is 60.5 cm³/mol. The molecule has 1 aliphatic rings. The molecule has 84 valence electrons. The summed E-state index contributed by atoms with van der Waals surface area (Å²) in [5, 5.41) is 3.45. The summed E-state index contributed by atoms with van der Waals surface area (Å²) >= 11 is 0. The van der Waals surface area contributed by atoms with Crippen LogP contribution in [0.3, 0.4) is 0 Å². The highest BCUT2D eigenvalue weighted by Crippen LogP contribution is 2.29. The minimum absolute atomic E-state index is 0.282. The molecule has 0 spiro atoms. The van der Waals surface area contributed by atoms with Crippen molar-refractivity contribution in [1.29, 1.82) is 0 Å². The molecule has 0 aliphatic heterocycles. The van der Waals surface area contributed by atoms with Crippen LogP contribution in [0, 0.1) is 11.3 Å². The zero-order valence-corrected chi connectivity index (χ0v) is 9.94. The second-order valence-electron chi connectivity index (χ2n) is 5.30. The summed E-state index contributed by atoms with van der Waals surface area (Å²) in [6.07, 6.45) is 3.97. The summed E-state index contributed by atoms with van der Waals surface area (Å²) in [4.78, 5) is 0. The maximum absolute atomic E-state index is 5.71. The number of ether oxygens (including phenoxy) is 1. The van der Waals surface area contributed by atoms with E-state index in [0.29, 0.717) is 0 Å². The van der Waals surface area contributed by atoms with Gasteiger partial charge in [0.05, 0.1) is 6.61 Å². The van der Waals surface area contributed by atoms with Crippen LogP contribution >= 0.6 is 0 Å². The number of rotatable bonds is 8. The Morgan fingerprint density at radius 1 is 1.36 bits per heavy atom. The first kappa shape index (κ1) is 12.0. The third-order valence-corrected chi connectivity index (χ3v) is 2.57. The Morgan fingerprint density at radius 3 is 2.64 bits per heavy atom. The molecule has 0 heterocycles. The van der Waals surface area contributed by atoms with Crippen molar-refractivity contribution in [3.05, 3.63) is 0 Å². The lowest BCUT2D eigenvalue weighted by atomic mass is 9.95. The average Bonchev–Trinajstić information content (AvgIpc) is 2.88. The fraction of sp³-hybridized carbons (Fsp3) is 1.00. The largest absolute Gasteiger partial charge is 0.381 e. The summed E-state index contributed by atoms with van der Waals surface area (Å²) in [6, 6.07) is 0. The minimum atomic E-state index is 0.282. The number of hydrogen-bond acceptors (Lipinski definition) is 2. The van der Waals surface area contributed by atoms with Crippen molar-refractivity contribution in [1.82, 2.24) is 5.32 Å². The van der Waals surface area contributed by atoms with Gasteiger partial charge in [0.2, 0.25) is 0 Å². The SMILES string of the molecule is CCCNCC(C)(C)COCC1CC1. The molecule has 0 aromatic heterocycles. The van der Waals surface area contributed by atoms with Gasteiger partial charge < -0.3 is 10.1 Å². The Labute approximate surface area is 88.4 Å². The second-order valence-corrected chi connectivity index (χ2v) is 5.30. The molecular formula is C12H25NO. The molecule has 1 saturated carbocycles. The van der Waals surface area contributed by atoms with Gasteiger partial charge in [0, 0.05) is 18.6 Å². The van der Waals surface area contributed by atoms with Crippen molar-refractivity contribution in [2.45, 2.75) is 40.0 Å². The topological polar surface area (TPSA) is 21.3 Å². The summed E-state index contributed by atoms with van der Waals surface area (Å²) in [5.74, 6) is 0.884. The monoisotopic (exact) mass is 199 g/mol. The molecule has 14 heavy (non-hydrogen) atoms. The van der Waals surface area contributed by atoms with Gasteiger partial charge in [-0.1, -0.05) is 20.8 Å². The van der Waals surface area contributed by atoms with Crippen LogP contribution < -0.4 is 5.32 Å². The second kappa shape index (κ2) is 5.72. The van der Waals surface area contributed by atoms with Gasteiger partial charge in [-0.05, 0) is 31.7 Å². The highest BCUT2D eigenvalue weighted by atomic mass is 16.5. The fourth-order valence-corrected chi connectivity index (χ4v) is 1.44. The molecule has 0 bridgehead atoms. The van der Waals surface area contributed by atoms with Crippen LogP contribution in [0.2, 0.25) is 0 Å². The highest BCUT2D eigenvalue weighted by molar-refractivity contribution is 4.74. The molecule has 2 nitrogen and oxygen atoms in total. The van der Waals surface area contributed by atoms with Crippen molar-refractivity contribution in [3.8, 4) is 0 Å². The van der Waals surface area contributed by atoms with Gasteiger partial charge in [-0.2, -0.15) is 0 Å². The third-order valence-electron chi connectivity index (χ3n) is 2.57. The van der Waals surface area contributed by atoms with Crippen LogP contribution in [0.25, 0.3) is 0 Å². The molecule has 1 N–H and O–H groups in total. The first-order valence-corrected chi connectivity index (χ1v) is 5.92. The highest BCUT2D eigenvalue weighted by Gasteiger charge is 2.23. The lowest BCUT2D eigenvalue weighted by molar-refractivity contribution is 0.0558. The lowest BCUT2D eigenvalue weighted by Gasteiger charge is -2.24. The quantitative estimate of drug-likeness (QED) is 0.606. The molecule has 0 unspecified atom stereocenters. The maximum atomic E-state index is 5.71. The molecule has 1 rings (SSSR count). The Bertz CT molecular complexity index is 152. The summed E-state index contributed by atoms with van der Waals surface area (Å²) in [6.45, 7) is 10.8. The van der Waals surface area contributed by atoms with E-state index in [4.69, 9.17) is 4.74 Å². The standard InChI is InChI=1S/C12H25NO/c1-4-7-13-9-12(2,3)10-14-8-11-5-6-11/h11,13H,4-10H2,1-3H3. The van der Waals surface area contributed by atoms with E-state index in [1.54, 1.807) is 0 Å². The van der Waals surface area contributed by atoms with Gasteiger partial charge in [-0.3, -0.25) is 0 Å². The van der Waals surface area contributed by atoms with E-state index in [2.05, 4.69) is 26.1 Å². The molecule has 0 aromatic rings. The van der Waals surface area contributed by atoms with Crippen LogP contribution in [0.1, 0.15) is 40.0 Å². The molecular weight excluding hydrogens is 174 g/mol. The molecule has 1 aliphatic carbocycles. The summed E-state index contributed by atoms with van der Waals surface area (Å²) in [5.41, 5.74) is 0.282. The first-order valence-electron chi connectivity index (χ1n) is 5.92. The van der Waals surface area contributed by atoms with Crippen molar-refractivity contribution in [3.63, 3.8) is 0 Å². The van der Waals surface area contributed by atoms with E-state index >= 15 is 0 Å². The normalized spacial score (nSPS) is 17.4. The number of nitrogens with one attached hydrogen (secondary N) is 1.